The Morgan fingerprint density at radius 1 is 1.14 bits per heavy atom. The van der Waals surface area contributed by atoms with Gasteiger partial charge < -0.3 is 15.0 Å². The first-order valence-electron chi connectivity index (χ1n) is 9.46. The molecule has 0 aromatic heterocycles. The SMILES string of the molecule is CCOc1ccccc1N1CCN([C@H](C)C(=O)Nc2ccc(F)cc2F)CC1. The number of hydrogen-bond donors (Lipinski definition) is 1. The third-order valence-corrected chi connectivity index (χ3v) is 4.94. The summed E-state index contributed by atoms with van der Waals surface area (Å²) in [6, 6.07) is 10.6. The Kier molecular flexibility index (Phi) is 6.46. The Morgan fingerprint density at radius 2 is 1.86 bits per heavy atom. The number of hydrogen-bond acceptors (Lipinski definition) is 4. The molecule has 0 radical (unpaired) electrons. The van der Waals surface area contributed by atoms with Crippen LogP contribution in [0, 0.1) is 11.6 Å². The molecule has 5 nitrogen and oxygen atoms in total. The lowest BCUT2D eigenvalue weighted by molar-refractivity contribution is -0.120. The lowest BCUT2D eigenvalue weighted by Crippen LogP contribution is -2.53. The van der Waals surface area contributed by atoms with Gasteiger partial charge in [-0.1, -0.05) is 12.1 Å². The molecule has 0 unspecified atom stereocenters. The Bertz CT molecular complexity index is 823. The Morgan fingerprint density at radius 3 is 2.54 bits per heavy atom. The van der Waals surface area contributed by atoms with Crippen LogP contribution in [0.15, 0.2) is 42.5 Å². The van der Waals surface area contributed by atoms with E-state index in [0.29, 0.717) is 19.7 Å². The number of rotatable bonds is 6. The molecule has 1 atom stereocenters. The molecule has 2 aromatic rings. The van der Waals surface area contributed by atoms with Gasteiger partial charge in [0.2, 0.25) is 5.91 Å². The molecule has 1 heterocycles. The van der Waals surface area contributed by atoms with Gasteiger partial charge in [0.15, 0.2) is 0 Å². The Labute approximate surface area is 163 Å². The van der Waals surface area contributed by atoms with Crippen LogP contribution in [0.4, 0.5) is 20.2 Å². The number of carbonyl (C=O) groups is 1. The van der Waals surface area contributed by atoms with E-state index in [-0.39, 0.29) is 11.6 Å². The maximum atomic E-state index is 13.8. The van der Waals surface area contributed by atoms with Crippen LogP contribution in [0.5, 0.6) is 5.75 Å². The molecule has 1 fully saturated rings. The van der Waals surface area contributed by atoms with E-state index in [1.54, 1.807) is 6.92 Å². The molecule has 1 aliphatic heterocycles. The molecule has 28 heavy (non-hydrogen) atoms. The van der Waals surface area contributed by atoms with Crippen molar-refractivity contribution in [2.75, 3.05) is 43.0 Å². The minimum Gasteiger partial charge on any atom is -0.492 e. The second-order valence-electron chi connectivity index (χ2n) is 6.71. The number of nitrogens with one attached hydrogen (secondary N) is 1. The van der Waals surface area contributed by atoms with Gasteiger partial charge in [0.1, 0.15) is 17.4 Å². The quantitative estimate of drug-likeness (QED) is 0.821. The molecule has 1 amide bonds. The zero-order valence-electron chi connectivity index (χ0n) is 16.1. The molecule has 0 spiro atoms. The van der Waals surface area contributed by atoms with Crippen molar-refractivity contribution in [3.8, 4) is 5.75 Å². The van der Waals surface area contributed by atoms with Crippen molar-refractivity contribution >= 4 is 17.3 Å². The van der Waals surface area contributed by atoms with Crippen LogP contribution in [-0.2, 0) is 4.79 Å². The van der Waals surface area contributed by atoms with Crippen LogP contribution in [0.1, 0.15) is 13.8 Å². The fourth-order valence-electron chi connectivity index (χ4n) is 3.34. The lowest BCUT2D eigenvalue weighted by atomic mass is 10.2. The van der Waals surface area contributed by atoms with Crippen molar-refractivity contribution in [1.29, 1.82) is 0 Å². The van der Waals surface area contributed by atoms with Crippen molar-refractivity contribution in [2.24, 2.45) is 0 Å². The van der Waals surface area contributed by atoms with E-state index in [9.17, 15) is 13.6 Å². The first-order chi connectivity index (χ1) is 13.5. The van der Waals surface area contributed by atoms with E-state index in [1.807, 2.05) is 31.2 Å². The molecule has 1 aliphatic rings. The van der Waals surface area contributed by atoms with Gasteiger partial charge in [0.25, 0.3) is 0 Å². The van der Waals surface area contributed by atoms with Crippen molar-refractivity contribution in [1.82, 2.24) is 4.90 Å². The first kappa shape index (κ1) is 20.1. The average Bonchev–Trinajstić information content (AvgIpc) is 2.70. The second-order valence-corrected chi connectivity index (χ2v) is 6.71. The van der Waals surface area contributed by atoms with Crippen molar-refractivity contribution in [3.05, 3.63) is 54.1 Å². The van der Waals surface area contributed by atoms with E-state index in [0.717, 1.165) is 36.7 Å². The van der Waals surface area contributed by atoms with Gasteiger partial charge in [0, 0.05) is 32.2 Å². The number of carbonyl (C=O) groups excluding carboxylic acids is 1. The molecular weight excluding hydrogens is 364 g/mol. The zero-order valence-corrected chi connectivity index (χ0v) is 16.1. The van der Waals surface area contributed by atoms with E-state index < -0.39 is 17.7 Å². The largest absolute Gasteiger partial charge is 0.492 e. The highest BCUT2D eigenvalue weighted by atomic mass is 19.1. The van der Waals surface area contributed by atoms with E-state index in [1.165, 1.54) is 6.07 Å². The summed E-state index contributed by atoms with van der Waals surface area (Å²) in [5, 5.41) is 2.55. The summed E-state index contributed by atoms with van der Waals surface area (Å²) in [5.74, 6) is -0.908. The van der Waals surface area contributed by atoms with Crippen LogP contribution in [0.25, 0.3) is 0 Å². The van der Waals surface area contributed by atoms with Crippen LogP contribution >= 0.6 is 0 Å². The number of nitrogens with zero attached hydrogens (tertiary/aromatic N) is 2. The summed E-state index contributed by atoms with van der Waals surface area (Å²) < 4.78 is 32.5. The summed E-state index contributed by atoms with van der Waals surface area (Å²) in [4.78, 5) is 16.8. The number of piperazine rings is 1. The molecule has 2 aromatic carbocycles. The Balaban J connectivity index is 1.59. The van der Waals surface area contributed by atoms with Crippen molar-refractivity contribution < 1.29 is 18.3 Å². The fraction of sp³-hybridized carbons (Fsp3) is 0.381. The Hall–Kier alpha value is -2.67. The van der Waals surface area contributed by atoms with Gasteiger partial charge in [0.05, 0.1) is 24.0 Å². The molecule has 0 saturated carbocycles. The van der Waals surface area contributed by atoms with Crippen LogP contribution in [0.3, 0.4) is 0 Å². The molecule has 0 aliphatic carbocycles. The predicted molar refractivity (Wildman–Crippen MR) is 106 cm³/mol. The highest BCUT2D eigenvalue weighted by Crippen LogP contribution is 2.29. The molecule has 0 bridgehead atoms. The van der Waals surface area contributed by atoms with Gasteiger partial charge >= 0.3 is 0 Å². The highest BCUT2D eigenvalue weighted by molar-refractivity contribution is 5.94. The summed E-state index contributed by atoms with van der Waals surface area (Å²) in [5.41, 5.74) is 1.04. The third kappa shape index (κ3) is 4.59. The van der Waals surface area contributed by atoms with Gasteiger partial charge in [-0.3, -0.25) is 9.69 Å². The highest BCUT2D eigenvalue weighted by Gasteiger charge is 2.27. The number of ether oxygens (including phenoxy) is 1. The zero-order chi connectivity index (χ0) is 20.1. The van der Waals surface area contributed by atoms with E-state index >= 15 is 0 Å². The lowest BCUT2D eigenvalue weighted by Gasteiger charge is -2.39. The molecule has 150 valence electrons. The predicted octanol–water partition coefficient (Wildman–Crippen LogP) is 3.51. The van der Waals surface area contributed by atoms with Crippen LogP contribution < -0.4 is 15.0 Å². The second kappa shape index (κ2) is 9.01. The summed E-state index contributed by atoms with van der Waals surface area (Å²) >= 11 is 0. The molecule has 1 saturated heterocycles. The van der Waals surface area contributed by atoms with E-state index in [2.05, 4.69) is 15.1 Å². The first-order valence-corrected chi connectivity index (χ1v) is 9.46. The van der Waals surface area contributed by atoms with Crippen molar-refractivity contribution in [2.45, 2.75) is 19.9 Å². The molecule has 7 heteroatoms. The number of halogens is 2. The number of para-hydroxylation sites is 2. The monoisotopic (exact) mass is 389 g/mol. The van der Waals surface area contributed by atoms with E-state index in [4.69, 9.17) is 4.74 Å². The summed E-state index contributed by atoms with van der Waals surface area (Å²) in [6.07, 6.45) is 0. The molecule has 1 N–H and O–H groups in total. The average molecular weight is 389 g/mol. The minimum atomic E-state index is -0.780. The maximum absolute atomic E-state index is 13.8. The van der Waals surface area contributed by atoms with Gasteiger partial charge in [-0.25, -0.2) is 8.78 Å². The van der Waals surface area contributed by atoms with Crippen LogP contribution in [-0.4, -0.2) is 49.6 Å². The molecular formula is C21H25F2N3O2. The van der Waals surface area contributed by atoms with Gasteiger partial charge in [-0.15, -0.1) is 0 Å². The molecule has 3 rings (SSSR count). The minimum absolute atomic E-state index is 0.0115. The van der Waals surface area contributed by atoms with Crippen LogP contribution in [0.2, 0.25) is 0 Å². The topological polar surface area (TPSA) is 44.8 Å². The number of amides is 1. The number of anilines is 2. The van der Waals surface area contributed by atoms with Crippen molar-refractivity contribution in [3.63, 3.8) is 0 Å². The summed E-state index contributed by atoms with van der Waals surface area (Å²) in [6.45, 7) is 7.26. The standard InChI is InChI=1S/C21H25F2N3O2/c1-3-28-20-7-5-4-6-19(20)26-12-10-25(11-13-26)15(2)21(27)24-18-9-8-16(22)14-17(18)23/h4-9,14-15H,3,10-13H2,1-2H3,(H,24,27)/t15-/m1/s1. The summed E-state index contributed by atoms with van der Waals surface area (Å²) in [7, 11) is 0. The van der Waals surface area contributed by atoms with Gasteiger partial charge in [-0.2, -0.15) is 0 Å². The fourth-order valence-corrected chi connectivity index (χ4v) is 3.34. The maximum Gasteiger partial charge on any atom is 0.241 e. The number of benzene rings is 2. The normalized spacial score (nSPS) is 15.9. The van der Waals surface area contributed by atoms with Gasteiger partial charge in [-0.05, 0) is 38.1 Å². The third-order valence-electron chi connectivity index (χ3n) is 4.94. The smallest absolute Gasteiger partial charge is 0.241 e.